The fourth-order valence-corrected chi connectivity index (χ4v) is 9.15. The summed E-state index contributed by atoms with van der Waals surface area (Å²) in [6, 6.07) is 20.8. The van der Waals surface area contributed by atoms with Gasteiger partial charge in [0.2, 0.25) is 11.8 Å². The van der Waals surface area contributed by atoms with Gasteiger partial charge in [-0.15, -0.1) is 0 Å². The van der Waals surface area contributed by atoms with Gasteiger partial charge in [-0.2, -0.15) is 13.2 Å². The van der Waals surface area contributed by atoms with Crippen LogP contribution < -0.4 is 11.1 Å². The first-order valence-electron chi connectivity index (χ1n) is 19.8. The van der Waals surface area contributed by atoms with Crippen molar-refractivity contribution in [2.24, 2.45) is 5.92 Å². The van der Waals surface area contributed by atoms with Crippen molar-refractivity contribution in [1.82, 2.24) is 24.5 Å². The number of carbonyl (C=O) groups excluding carboxylic acids is 3. The number of nitrogens with one attached hydrogen (secondary N) is 1. The molecule has 1 unspecified atom stereocenters. The SMILES string of the molecule is Nc1c(Cl)cc(CC(CC(=O)N2CCC(N3CCc4ccccc4NC3=O)CC2)C(=O)N2CCN(C3CCN(Cc4ccccc4)CC3)CC2)cc1C(F)(F)F. The van der Waals surface area contributed by atoms with Crippen LogP contribution in [0.1, 0.15) is 54.4 Å². The largest absolute Gasteiger partial charge is 0.418 e. The molecule has 4 aliphatic heterocycles. The van der Waals surface area contributed by atoms with Crippen molar-refractivity contribution in [2.45, 2.75) is 69.8 Å². The summed E-state index contributed by atoms with van der Waals surface area (Å²) in [5.74, 6) is -1.36. The second kappa shape index (κ2) is 17.4. The minimum Gasteiger partial charge on any atom is -0.397 e. The van der Waals surface area contributed by atoms with Gasteiger partial charge in [0, 0.05) is 76.5 Å². The summed E-state index contributed by atoms with van der Waals surface area (Å²) in [4.78, 5) is 51.6. The maximum Gasteiger partial charge on any atom is 0.418 e. The lowest BCUT2D eigenvalue weighted by molar-refractivity contribution is -0.143. The average Bonchev–Trinajstić information content (AvgIpc) is 3.37. The van der Waals surface area contributed by atoms with Crippen molar-refractivity contribution < 1.29 is 27.6 Å². The fourth-order valence-electron chi connectivity index (χ4n) is 8.91. The van der Waals surface area contributed by atoms with Crippen LogP contribution in [-0.4, -0.2) is 113 Å². The van der Waals surface area contributed by atoms with Crippen LogP contribution in [0.25, 0.3) is 0 Å². The van der Waals surface area contributed by atoms with E-state index in [0.717, 1.165) is 56.2 Å². The van der Waals surface area contributed by atoms with Crippen LogP contribution in [-0.2, 0) is 35.2 Å². The summed E-state index contributed by atoms with van der Waals surface area (Å²) in [6.07, 6.45) is -0.969. The number of halogens is 4. The zero-order valence-corrected chi connectivity index (χ0v) is 32.4. The molecule has 1 atom stereocenters. The number of benzene rings is 3. The summed E-state index contributed by atoms with van der Waals surface area (Å²) >= 11 is 6.19. The predicted octanol–water partition coefficient (Wildman–Crippen LogP) is 6.38. The maximum atomic E-state index is 14.3. The van der Waals surface area contributed by atoms with Gasteiger partial charge < -0.3 is 25.8 Å². The number of urea groups is 1. The second-order valence-electron chi connectivity index (χ2n) is 15.6. The number of amides is 4. The first-order chi connectivity index (χ1) is 26.9. The van der Waals surface area contributed by atoms with E-state index in [9.17, 15) is 27.6 Å². The minimum atomic E-state index is -4.73. The smallest absolute Gasteiger partial charge is 0.397 e. The molecule has 0 saturated carbocycles. The Morgan fingerprint density at radius 2 is 1.46 bits per heavy atom. The molecule has 3 aromatic carbocycles. The number of nitrogens with two attached hydrogens (primary N) is 1. The number of hydrogen-bond donors (Lipinski definition) is 2. The van der Waals surface area contributed by atoms with Gasteiger partial charge in [0.25, 0.3) is 0 Å². The van der Waals surface area contributed by atoms with Gasteiger partial charge in [0.1, 0.15) is 0 Å². The molecule has 3 fully saturated rings. The van der Waals surface area contributed by atoms with E-state index in [2.05, 4.69) is 39.4 Å². The van der Waals surface area contributed by atoms with E-state index in [0.29, 0.717) is 64.7 Å². The molecule has 0 aliphatic carbocycles. The topological polar surface area (TPSA) is 105 Å². The van der Waals surface area contributed by atoms with Crippen molar-refractivity contribution in [2.75, 3.05) is 70.0 Å². The lowest BCUT2D eigenvalue weighted by atomic mass is 9.91. The first kappa shape index (κ1) is 39.9. The number of anilines is 2. The molecule has 300 valence electrons. The molecule has 0 radical (unpaired) electrons. The number of piperazine rings is 1. The summed E-state index contributed by atoms with van der Waals surface area (Å²) in [5, 5.41) is 2.78. The highest BCUT2D eigenvalue weighted by Crippen LogP contribution is 2.38. The van der Waals surface area contributed by atoms with E-state index in [-0.39, 0.29) is 47.3 Å². The third-order valence-corrected chi connectivity index (χ3v) is 12.4. The number of para-hydroxylation sites is 1. The lowest BCUT2D eigenvalue weighted by Gasteiger charge is -2.43. The fraction of sp³-hybridized carbons (Fsp3) is 0.500. The van der Waals surface area contributed by atoms with Gasteiger partial charge in [-0.3, -0.25) is 19.4 Å². The molecule has 3 saturated heterocycles. The van der Waals surface area contributed by atoms with Crippen molar-refractivity contribution >= 4 is 40.8 Å². The van der Waals surface area contributed by atoms with Crippen LogP contribution >= 0.6 is 11.6 Å². The molecule has 0 spiro atoms. The number of alkyl halides is 3. The van der Waals surface area contributed by atoms with Crippen LogP contribution in [0.4, 0.5) is 29.3 Å². The van der Waals surface area contributed by atoms with Crippen LogP contribution in [0.3, 0.4) is 0 Å². The lowest BCUT2D eigenvalue weighted by Crippen LogP contribution is -2.55. The minimum absolute atomic E-state index is 0.0455. The molecule has 3 aromatic rings. The number of likely N-dealkylation sites (tertiary alicyclic amines) is 2. The van der Waals surface area contributed by atoms with Crippen molar-refractivity contribution in [3.05, 3.63) is 94.0 Å². The number of piperidine rings is 2. The maximum absolute atomic E-state index is 14.3. The molecule has 7 rings (SSSR count). The highest BCUT2D eigenvalue weighted by atomic mass is 35.5. The molecular formula is C42H51ClF3N7O3. The monoisotopic (exact) mass is 793 g/mol. The third kappa shape index (κ3) is 9.44. The van der Waals surface area contributed by atoms with E-state index < -0.39 is 23.3 Å². The van der Waals surface area contributed by atoms with Crippen molar-refractivity contribution in [3.8, 4) is 0 Å². The number of carbonyl (C=O) groups is 3. The third-order valence-electron chi connectivity index (χ3n) is 12.1. The van der Waals surface area contributed by atoms with Crippen molar-refractivity contribution in [1.29, 1.82) is 0 Å². The van der Waals surface area contributed by atoms with Crippen molar-refractivity contribution in [3.63, 3.8) is 0 Å². The van der Waals surface area contributed by atoms with Crippen LogP contribution in [0.2, 0.25) is 5.02 Å². The van der Waals surface area contributed by atoms with Gasteiger partial charge in [0.05, 0.1) is 22.2 Å². The van der Waals surface area contributed by atoms with E-state index in [1.165, 1.54) is 11.6 Å². The Kier molecular flexibility index (Phi) is 12.4. The molecule has 4 aliphatic rings. The van der Waals surface area contributed by atoms with Gasteiger partial charge in [-0.1, -0.05) is 60.1 Å². The Hall–Kier alpha value is -4.33. The average molecular weight is 794 g/mol. The summed E-state index contributed by atoms with van der Waals surface area (Å²) in [7, 11) is 0. The zero-order valence-electron chi connectivity index (χ0n) is 31.7. The van der Waals surface area contributed by atoms with Crippen LogP contribution in [0.15, 0.2) is 66.7 Å². The molecule has 4 amide bonds. The highest BCUT2D eigenvalue weighted by Gasteiger charge is 2.38. The number of rotatable bonds is 9. The van der Waals surface area contributed by atoms with Gasteiger partial charge >= 0.3 is 12.2 Å². The van der Waals surface area contributed by atoms with Gasteiger partial charge in [-0.25, -0.2) is 4.79 Å². The molecule has 4 heterocycles. The highest BCUT2D eigenvalue weighted by molar-refractivity contribution is 6.33. The Labute approximate surface area is 331 Å². The Morgan fingerprint density at radius 1 is 0.804 bits per heavy atom. The summed E-state index contributed by atoms with van der Waals surface area (Å²) in [5.41, 5.74) is 7.51. The Bertz CT molecular complexity index is 1860. The Balaban J connectivity index is 0.979. The molecule has 0 aromatic heterocycles. The molecular weight excluding hydrogens is 743 g/mol. The number of hydrogen-bond acceptors (Lipinski definition) is 6. The predicted molar refractivity (Wildman–Crippen MR) is 211 cm³/mol. The van der Waals surface area contributed by atoms with Crippen LogP contribution in [0, 0.1) is 5.92 Å². The van der Waals surface area contributed by atoms with Gasteiger partial charge in [-0.05, 0) is 86.5 Å². The standard InChI is InChI=1S/C42H51ClF3N7O3/c43-36-26-30(25-35(39(36)47)42(44,45)46)24-32(27-38(54)51-17-13-34(14-18-51)53-19-10-31-8-4-5-9-37(31)48-41(53)56)40(55)52-22-20-50(21-23-52)33-11-15-49(16-12-33)28-29-6-2-1-3-7-29/h1-9,25-26,32-34H,10-24,27-28,47H2,(H,48,56). The van der Waals surface area contributed by atoms with E-state index in [1.807, 2.05) is 35.2 Å². The molecule has 0 bridgehead atoms. The number of nitrogen functional groups attached to an aromatic ring is 1. The molecule has 56 heavy (non-hydrogen) atoms. The normalized spacial score (nSPS) is 20.0. The summed E-state index contributed by atoms with van der Waals surface area (Å²) < 4.78 is 41.8. The quantitative estimate of drug-likeness (QED) is 0.244. The first-order valence-corrected chi connectivity index (χ1v) is 20.2. The molecule has 10 nitrogen and oxygen atoms in total. The van der Waals surface area contributed by atoms with E-state index in [4.69, 9.17) is 17.3 Å². The number of fused-ring (bicyclic) bond motifs is 1. The molecule has 3 N–H and O–H groups in total. The zero-order chi connectivity index (χ0) is 39.4. The number of nitrogens with zero attached hydrogens (tertiary/aromatic N) is 5. The molecule has 14 heteroatoms. The van der Waals surface area contributed by atoms with Crippen LogP contribution in [0.5, 0.6) is 0 Å². The Morgan fingerprint density at radius 3 is 2.16 bits per heavy atom. The second-order valence-corrected chi connectivity index (χ2v) is 16.0. The summed E-state index contributed by atoms with van der Waals surface area (Å²) in [6.45, 7) is 6.70. The van der Waals surface area contributed by atoms with E-state index in [1.54, 1.807) is 9.80 Å². The van der Waals surface area contributed by atoms with E-state index >= 15 is 0 Å². The van der Waals surface area contributed by atoms with Gasteiger partial charge in [0.15, 0.2) is 0 Å².